The number of fused-ring (bicyclic) bond motifs is 2. The molecule has 4 aromatic rings. The number of pyridine rings is 1. The van der Waals surface area contributed by atoms with Crippen LogP contribution in [0.4, 0.5) is 24.9 Å². The topological polar surface area (TPSA) is 116 Å². The highest BCUT2D eigenvalue weighted by atomic mass is 19.3. The number of nitrogens with zero attached hydrogens (tertiary/aromatic N) is 7. The molecule has 4 aromatic heterocycles. The second kappa shape index (κ2) is 9.22. The first-order valence-electron chi connectivity index (χ1n) is 10.7. The van der Waals surface area contributed by atoms with Gasteiger partial charge in [-0.2, -0.15) is 4.98 Å². The molecule has 4 N–H and O–H groups in total. The molecule has 176 valence electrons. The van der Waals surface area contributed by atoms with Gasteiger partial charge in [0.05, 0.1) is 12.2 Å². The lowest BCUT2D eigenvalue weighted by Gasteiger charge is -2.08. The van der Waals surface area contributed by atoms with E-state index in [1.165, 1.54) is 9.08 Å². The smallest absolute Gasteiger partial charge is 0.256 e. The van der Waals surface area contributed by atoms with Gasteiger partial charge < -0.3 is 20.9 Å². The van der Waals surface area contributed by atoms with Crippen LogP contribution in [0.15, 0.2) is 24.4 Å². The van der Waals surface area contributed by atoms with Gasteiger partial charge in [0.1, 0.15) is 23.0 Å². The number of hydrogen-bond donors (Lipinski definition) is 2. The number of anilines is 2. The molecule has 5 rings (SSSR count). The zero-order valence-corrected chi connectivity index (χ0v) is 18.4. The number of nitrogens with two attached hydrogens (primary N) is 2. The number of aromatic nitrogens is 6. The van der Waals surface area contributed by atoms with Crippen molar-refractivity contribution in [3.8, 4) is 11.3 Å². The first kappa shape index (κ1) is 22.8. The molecule has 0 saturated carbocycles. The van der Waals surface area contributed by atoms with E-state index in [0.29, 0.717) is 40.3 Å². The zero-order chi connectivity index (χ0) is 23.7. The van der Waals surface area contributed by atoms with Gasteiger partial charge in [-0.1, -0.05) is 6.92 Å². The lowest BCUT2D eigenvalue weighted by molar-refractivity contribution is 0.127. The van der Waals surface area contributed by atoms with Gasteiger partial charge in [-0.15, -0.1) is 5.10 Å². The fourth-order valence-corrected chi connectivity index (χ4v) is 3.97. The Bertz CT molecular complexity index is 1270. The zero-order valence-electron chi connectivity index (χ0n) is 18.4. The van der Waals surface area contributed by atoms with Crippen LogP contribution in [0, 0.1) is 6.92 Å². The van der Waals surface area contributed by atoms with Crippen molar-refractivity contribution in [2.75, 3.05) is 31.1 Å². The van der Waals surface area contributed by atoms with Gasteiger partial charge >= 0.3 is 0 Å². The lowest BCUT2D eigenvalue weighted by atomic mass is 10.2. The van der Waals surface area contributed by atoms with E-state index in [2.05, 4.69) is 31.9 Å². The molecule has 0 spiro atoms. The summed E-state index contributed by atoms with van der Waals surface area (Å²) in [6.45, 7) is 5.90. The Morgan fingerprint density at radius 1 is 1.15 bits per heavy atom. The molecule has 0 aliphatic carbocycles. The molecule has 5 heterocycles. The van der Waals surface area contributed by atoms with Crippen LogP contribution in [0.1, 0.15) is 19.2 Å². The highest BCUT2D eigenvalue weighted by molar-refractivity contribution is 5.88. The average molecular weight is 461 g/mol. The summed E-state index contributed by atoms with van der Waals surface area (Å²) in [4.78, 5) is 14.9. The molecule has 0 bridgehead atoms. The summed E-state index contributed by atoms with van der Waals surface area (Å²) in [5.74, 6) is 0.755. The molecule has 1 fully saturated rings. The van der Waals surface area contributed by atoms with Crippen molar-refractivity contribution in [2.45, 2.75) is 39.4 Å². The number of alkyl halides is 3. The molecule has 33 heavy (non-hydrogen) atoms. The molecule has 12 heteroatoms. The van der Waals surface area contributed by atoms with Crippen molar-refractivity contribution in [1.29, 1.82) is 0 Å². The highest BCUT2D eigenvalue weighted by Crippen LogP contribution is 2.29. The number of hydrogen-bond acceptors (Lipinski definition) is 7. The van der Waals surface area contributed by atoms with Crippen LogP contribution < -0.4 is 11.5 Å². The SMILES string of the molecule is CCN1CC[C@@H](F)C1.Cc1nc2ccc(-c3ccn4nc(N)nc(N)c34)nc2n1CC(F)F. The highest BCUT2D eigenvalue weighted by Gasteiger charge is 2.19. The lowest BCUT2D eigenvalue weighted by Crippen LogP contribution is -2.19. The van der Waals surface area contributed by atoms with E-state index in [9.17, 15) is 13.2 Å². The van der Waals surface area contributed by atoms with Gasteiger partial charge in [0, 0.05) is 24.8 Å². The first-order valence-corrected chi connectivity index (χ1v) is 10.7. The van der Waals surface area contributed by atoms with Crippen molar-refractivity contribution in [3.63, 3.8) is 0 Å². The molecule has 0 amide bonds. The molecule has 1 atom stereocenters. The fraction of sp³-hybridized carbons (Fsp3) is 0.429. The van der Waals surface area contributed by atoms with E-state index in [1.54, 1.807) is 31.3 Å². The number of aryl methyl sites for hydroxylation is 1. The minimum absolute atomic E-state index is 0.0567. The normalized spacial score (nSPS) is 16.6. The van der Waals surface area contributed by atoms with Crippen molar-refractivity contribution < 1.29 is 13.2 Å². The van der Waals surface area contributed by atoms with Gasteiger partial charge in [-0.05, 0) is 38.1 Å². The van der Waals surface area contributed by atoms with Gasteiger partial charge in [0.15, 0.2) is 11.5 Å². The third kappa shape index (κ3) is 4.70. The minimum atomic E-state index is -2.50. The van der Waals surface area contributed by atoms with Crippen LogP contribution >= 0.6 is 0 Å². The van der Waals surface area contributed by atoms with E-state index in [1.807, 2.05) is 0 Å². The predicted octanol–water partition coefficient (Wildman–Crippen LogP) is 2.93. The summed E-state index contributed by atoms with van der Waals surface area (Å²) < 4.78 is 40.9. The Labute approximate surface area is 188 Å². The Kier molecular flexibility index (Phi) is 6.36. The predicted molar refractivity (Wildman–Crippen MR) is 121 cm³/mol. The summed E-state index contributed by atoms with van der Waals surface area (Å²) in [5, 5.41) is 4.06. The summed E-state index contributed by atoms with van der Waals surface area (Å²) in [6, 6.07) is 5.27. The fourth-order valence-electron chi connectivity index (χ4n) is 3.97. The number of nitrogen functional groups attached to an aromatic ring is 2. The minimum Gasteiger partial charge on any atom is -0.382 e. The van der Waals surface area contributed by atoms with Crippen LogP contribution in [-0.2, 0) is 6.54 Å². The van der Waals surface area contributed by atoms with E-state index in [4.69, 9.17) is 11.5 Å². The number of rotatable bonds is 4. The van der Waals surface area contributed by atoms with E-state index >= 15 is 0 Å². The molecule has 9 nitrogen and oxygen atoms in total. The Hall–Kier alpha value is -3.41. The molecular formula is C21H26F3N9. The van der Waals surface area contributed by atoms with Crippen LogP contribution in [0.3, 0.4) is 0 Å². The van der Waals surface area contributed by atoms with Crippen molar-refractivity contribution in [1.82, 2.24) is 34.0 Å². The maximum atomic E-state index is 12.9. The third-order valence-corrected chi connectivity index (χ3v) is 5.60. The second-order valence-corrected chi connectivity index (χ2v) is 7.86. The molecule has 1 saturated heterocycles. The standard InChI is InChI=1S/C15H14F2N8.C6H12FN/c1-7-20-10-3-2-9(21-14(10)24(7)6-11(16)17)8-4-5-25-12(8)13(18)22-15(19)23-25;1-2-8-4-3-6(7)5-8/h2-5,11H,6H2,1H3,(H4,18,19,22,23);6H,2-5H2,1H3/t;6-/m.1/s1. The van der Waals surface area contributed by atoms with Crippen LogP contribution in [0.5, 0.6) is 0 Å². The number of likely N-dealkylation sites (tertiary alicyclic amines) is 1. The molecule has 1 aliphatic heterocycles. The van der Waals surface area contributed by atoms with Crippen LogP contribution in [0.2, 0.25) is 0 Å². The molecule has 0 radical (unpaired) electrons. The summed E-state index contributed by atoms with van der Waals surface area (Å²) >= 11 is 0. The van der Waals surface area contributed by atoms with Crippen molar-refractivity contribution >= 4 is 28.4 Å². The van der Waals surface area contributed by atoms with Gasteiger partial charge in [-0.3, -0.25) is 0 Å². The van der Waals surface area contributed by atoms with E-state index in [-0.39, 0.29) is 11.8 Å². The summed E-state index contributed by atoms with van der Waals surface area (Å²) in [7, 11) is 0. The largest absolute Gasteiger partial charge is 0.382 e. The van der Waals surface area contributed by atoms with Crippen LogP contribution in [-0.4, -0.2) is 66.3 Å². The average Bonchev–Trinajstić information content (AvgIpc) is 3.45. The molecule has 1 aliphatic rings. The Balaban J connectivity index is 0.000000275. The van der Waals surface area contributed by atoms with Gasteiger partial charge in [0.25, 0.3) is 6.43 Å². The summed E-state index contributed by atoms with van der Waals surface area (Å²) in [5.41, 5.74) is 14.3. The van der Waals surface area contributed by atoms with Gasteiger partial charge in [0.2, 0.25) is 5.95 Å². The Morgan fingerprint density at radius 2 is 1.94 bits per heavy atom. The Morgan fingerprint density at radius 3 is 2.58 bits per heavy atom. The summed E-state index contributed by atoms with van der Waals surface area (Å²) in [6.07, 6.45) is -0.612. The maximum Gasteiger partial charge on any atom is 0.256 e. The second-order valence-electron chi connectivity index (χ2n) is 7.86. The quantitative estimate of drug-likeness (QED) is 0.480. The first-order chi connectivity index (χ1) is 15.8. The van der Waals surface area contributed by atoms with Crippen molar-refractivity contribution in [3.05, 3.63) is 30.2 Å². The number of imidazole rings is 1. The molecular weight excluding hydrogens is 435 g/mol. The number of halogens is 3. The van der Waals surface area contributed by atoms with Crippen molar-refractivity contribution in [2.24, 2.45) is 0 Å². The van der Waals surface area contributed by atoms with E-state index in [0.717, 1.165) is 19.5 Å². The van der Waals surface area contributed by atoms with E-state index < -0.39 is 19.1 Å². The molecule has 0 unspecified atom stereocenters. The monoisotopic (exact) mass is 461 g/mol. The maximum absolute atomic E-state index is 12.9. The van der Waals surface area contributed by atoms with Gasteiger partial charge in [-0.25, -0.2) is 27.7 Å². The molecule has 0 aromatic carbocycles. The third-order valence-electron chi connectivity index (χ3n) is 5.60. The van der Waals surface area contributed by atoms with Crippen LogP contribution in [0.25, 0.3) is 27.9 Å².